The largest absolute Gasteiger partial charge is 0.479 e. The number of amidine groups is 1. The summed E-state index contributed by atoms with van der Waals surface area (Å²) in [5.41, 5.74) is 3.24. The zero-order chi connectivity index (χ0) is 24.7. The summed E-state index contributed by atoms with van der Waals surface area (Å²) in [5, 5.41) is 43.0. The SMILES string of the molecule is CN1CCN(C2=Nc3cc(O[C@@H]4O[C@H](C(=O)O)[C@@H](O)[C@H](O)[C@H]4O)ccc3Nc3ccccc32)CC1. The Hall–Kier alpha value is -3.22. The number of fused-ring (bicyclic) bond motifs is 2. The van der Waals surface area contributed by atoms with Crippen molar-refractivity contribution >= 4 is 28.9 Å². The molecule has 0 radical (unpaired) electrons. The van der Waals surface area contributed by atoms with E-state index in [-0.39, 0.29) is 5.75 Å². The second kappa shape index (κ2) is 9.44. The van der Waals surface area contributed by atoms with Crippen molar-refractivity contribution in [3.05, 3.63) is 48.0 Å². The molecule has 2 aromatic carbocycles. The number of hydrogen-bond acceptors (Lipinski definition) is 10. The maximum atomic E-state index is 11.4. The highest BCUT2D eigenvalue weighted by Crippen LogP contribution is 2.38. The molecule has 2 aromatic rings. The Bertz CT molecular complexity index is 1130. The fraction of sp³-hybridized carbons (Fsp3) is 0.417. The summed E-state index contributed by atoms with van der Waals surface area (Å²) in [4.78, 5) is 20.9. The molecule has 35 heavy (non-hydrogen) atoms. The minimum absolute atomic E-state index is 0.259. The number of nitrogens with zero attached hydrogens (tertiary/aromatic N) is 3. The summed E-state index contributed by atoms with van der Waals surface area (Å²) < 4.78 is 11.0. The number of aliphatic hydroxyl groups excluding tert-OH is 3. The van der Waals surface area contributed by atoms with E-state index in [2.05, 4.69) is 22.2 Å². The fourth-order valence-corrected chi connectivity index (χ4v) is 4.43. The van der Waals surface area contributed by atoms with Gasteiger partial charge in [0.15, 0.2) is 6.10 Å². The normalized spacial score (nSPS) is 28.7. The molecule has 0 aromatic heterocycles. The third kappa shape index (κ3) is 4.56. The Morgan fingerprint density at radius 1 is 1.03 bits per heavy atom. The van der Waals surface area contributed by atoms with Crippen LogP contribution >= 0.6 is 0 Å². The molecule has 0 amide bonds. The van der Waals surface area contributed by atoms with Crippen molar-refractivity contribution in [2.45, 2.75) is 30.7 Å². The van der Waals surface area contributed by atoms with Crippen molar-refractivity contribution in [3.8, 4) is 5.75 Å². The van der Waals surface area contributed by atoms with E-state index in [1.54, 1.807) is 18.2 Å². The van der Waals surface area contributed by atoms with Crippen LogP contribution in [0.4, 0.5) is 17.1 Å². The number of aliphatic hydroxyl groups is 3. The number of anilines is 2. The first kappa shape index (κ1) is 23.5. The van der Waals surface area contributed by atoms with Crippen LogP contribution in [0.1, 0.15) is 5.56 Å². The van der Waals surface area contributed by atoms with Gasteiger partial charge in [0.2, 0.25) is 6.29 Å². The minimum atomic E-state index is -1.78. The second-order valence-electron chi connectivity index (χ2n) is 8.93. The number of carbonyl (C=O) groups is 1. The van der Waals surface area contributed by atoms with Gasteiger partial charge in [-0.05, 0) is 31.3 Å². The fourth-order valence-electron chi connectivity index (χ4n) is 4.43. The van der Waals surface area contributed by atoms with Gasteiger partial charge in [0.05, 0.1) is 11.4 Å². The average Bonchev–Trinajstić information content (AvgIpc) is 3.01. The molecule has 0 unspecified atom stereocenters. The molecule has 0 spiro atoms. The molecule has 11 nitrogen and oxygen atoms in total. The number of carboxylic acid groups (broad SMARTS) is 1. The number of carboxylic acids is 1. The summed E-state index contributed by atoms with van der Waals surface area (Å²) in [6.07, 6.45) is -8.41. The summed E-state index contributed by atoms with van der Waals surface area (Å²) in [6, 6.07) is 13.0. The Morgan fingerprint density at radius 3 is 2.51 bits per heavy atom. The number of piperazine rings is 1. The molecule has 186 valence electrons. The molecule has 2 fully saturated rings. The van der Waals surface area contributed by atoms with Gasteiger partial charge < -0.3 is 45.0 Å². The standard InChI is InChI=1S/C24H28N4O7/c1-27-8-10-28(11-9-27)22-14-4-2-3-5-15(14)25-16-7-6-13(12-17(16)26-22)34-24-20(31)18(29)19(30)21(35-24)23(32)33/h2-7,12,18-21,24-25,29-31H,8-11H2,1H3,(H,32,33)/t18-,19-,20+,21-,24+/m0/s1. The zero-order valence-electron chi connectivity index (χ0n) is 19.1. The lowest BCUT2D eigenvalue weighted by Gasteiger charge is -2.38. The lowest BCUT2D eigenvalue weighted by Crippen LogP contribution is -2.61. The van der Waals surface area contributed by atoms with Gasteiger partial charge in [-0.15, -0.1) is 0 Å². The molecule has 3 aliphatic heterocycles. The van der Waals surface area contributed by atoms with Gasteiger partial charge in [0, 0.05) is 43.5 Å². The van der Waals surface area contributed by atoms with Crippen molar-refractivity contribution in [1.29, 1.82) is 0 Å². The molecule has 5 rings (SSSR count). The number of hydrogen-bond donors (Lipinski definition) is 5. The summed E-state index contributed by atoms with van der Waals surface area (Å²) in [5.74, 6) is -0.382. The van der Waals surface area contributed by atoms with Crippen molar-refractivity contribution in [1.82, 2.24) is 9.80 Å². The molecule has 0 aliphatic carbocycles. The summed E-state index contributed by atoms with van der Waals surface area (Å²) in [7, 11) is 2.09. The first-order valence-electron chi connectivity index (χ1n) is 11.4. The number of benzene rings is 2. The lowest BCUT2D eigenvalue weighted by atomic mass is 9.99. The van der Waals surface area contributed by atoms with E-state index >= 15 is 0 Å². The number of aliphatic carboxylic acids is 1. The Balaban J connectivity index is 1.46. The number of rotatable bonds is 3. The van der Waals surface area contributed by atoms with E-state index in [0.717, 1.165) is 49.0 Å². The molecular weight excluding hydrogens is 456 g/mol. The third-order valence-electron chi connectivity index (χ3n) is 6.50. The molecular formula is C24H28N4O7. The average molecular weight is 485 g/mol. The van der Waals surface area contributed by atoms with Gasteiger partial charge in [0.1, 0.15) is 29.9 Å². The molecule has 0 bridgehead atoms. The highest BCUT2D eigenvalue weighted by atomic mass is 16.7. The number of ether oxygens (including phenoxy) is 2. The van der Waals surface area contributed by atoms with Gasteiger partial charge in [-0.2, -0.15) is 0 Å². The number of para-hydroxylation sites is 1. The van der Waals surface area contributed by atoms with Gasteiger partial charge >= 0.3 is 5.97 Å². The maximum absolute atomic E-state index is 11.4. The van der Waals surface area contributed by atoms with Crippen LogP contribution in [0.3, 0.4) is 0 Å². The first-order chi connectivity index (χ1) is 16.8. The maximum Gasteiger partial charge on any atom is 0.335 e. The lowest BCUT2D eigenvalue weighted by molar-refractivity contribution is -0.271. The highest BCUT2D eigenvalue weighted by Gasteiger charge is 2.48. The van der Waals surface area contributed by atoms with Crippen LogP contribution in [-0.4, -0.2) is 106 Å². The van der Waals surface area contributed by atoms with E-state index in [4.69, 9.17) is 14.5 Å². The summed E-state index contributed by atoms with van der Waals surface area (Å²) >= 11 is 0. The molecule has 3 aliphatic rings. The second-order valence-corrected chi connectivity index (χ2v) is 8.93. The van der Waals surface area contributed by atoms with Crippen LogP contribution < -0.4 is 10.1 Å². The number of nitrogens with one attached hydrogen (secondary N) is 1. The third-order valence-corrected chi connectivity index (χ3v) is 6.50. The highest BCUT2D eigenvalue weighted by molar-refractivity contribution is 6.07. The van der Waals surface area contributed by atoms with Crippen molar-refractivity contribution in [2.24, 2.45) is 4.99 Å². The van der Waals surface area contributed by atoms with Crippen LogP contribution in [0.5, 0.6) is 5.75 Å². The van der Waals surface area contributed by atoms with Gasteiger partial charge in [0.25, 0.3) is 0 Å². The Morgan fingerprint density at radius 2 is 1.77 bits per heavy atom. The van der Waals surface area contributed by atoms with E-state index < -0.39 is 36.7 Å². The van der Waals surface area contributed by atoms with Crippen LogP contribution in [-0.2, 0) is 9.53 Å². The molecule has 3 heterocycles. The van der Waals surface area contributed by atoms with Gasteiger partial charge in [-0.1, -0.05) is 12.1 Å². The quantitative estimate of drug-likeness (QED) is 0.413. The van der Waals surface area contributed by atoms with Crippen LogP contribution in [0, 0.1) is 0 Å². The Kier molecular flexibility index (Phi) is 6.34. The predicted molar refractivity (Wildman–Crippen MR) is 126 cm³/mol. The molecule has 2 saturated heterocycles. The minimum Gasteiger partial charge on any atom is -0.479 e. The van der Waals surface area contributed by atoms with E-state index in [9.17, 15) is 25.2 Å². The molecule has 5 atom stereocenters. The van der Waals surface area contributed by atoms with E-state index in [1.165, 1.54) is 0 Å². The van der Waals surface area contributed by atoms with E-state index in [0.29, 0.717) is 5.69 Å². The van der Waals surface area contributed by atoms with Gasteiger partial charge in [-0.25, -0.2) is 9.79 Å². The molecule has 11 heteroatoms. The summed E-state index contributed by atoms with van der Waals surface area (Å²) in [6.45, 7) is 3.49. The van der Waals surface area contributed by atoms with Crippen LogP contribution in [0.25, 0.3) is 0 Å². The van der Waals surface area contributed by atoms with Crippen molar-refractivity contribution < 1.29 is 34.7 Å². The topological polar surface area (TPSA) is 147 Å². The number of aliphatic imine (C=N–C) groups is 1. The molecule has 5 N–H and O–H groups in total. The van der Waals surface area contributed by atoms with Crippen LogP contribution in [0.15, 0.2) is 47.5 Å². The first-order valence-corrected chi connectivity index (χ1v) is 11.4. The van der Waals surface area contributed by atoms with Crippen molar-refractivity contribution in [3.63, 3.8) is 0 Å². The Labute approximate surface area is 201 Å². The van der Waals surface area contributed by atoms with Gasteiger partial charge in [-0.3, -0.25) is 0 Å². The zero-order valence-corrected chi connectivity index (χ0v) is 19.1. The monoisotopic (exact) mass is 484 g/mol. The van der Waals surface area contributed by atoms with Crippen LogP contribution in [0.2, 0.25) is 0 Å². The van der Waals surface area contributed by atoms with E-state index in [1.807, 2.05) is 24.3 Å². The molecule has 0 saturated carbocycles. The predicted octanol–water partition coefficient (Wildman–Crippen LogP) is 0.340. The van der Waals surface area contributed by atoms with Crippen molar-refractivity contribution in [2.75, 3.05) is 38.5 Å². The number of likely N-dealkylation sites (N-methyl/N-ethyl adjacent to an activating group) is 1. The smallest absolute Gasteiger partial charge is 0.335 e.